The molecule has 0 radical (unpaired) electrons. The summed E-state index contributed by atoms with van der Waals surface area (Å²) >= 11 is 0. The quantitative estimate of drug-likeness (QED) is 0.714. The fourth-order valence-corrected chi connectivity index (χ4v) is 3.17. The molecule has 9 heteroatoms. The van der Waals surface area contributed by atoms with Crippen LogP contribution in [-0.2, 0) is 4.79 Å². The third-order valence-electron chi connectivity index (χ3n) is 4.53. The van der Waals surface area contributed by atoms with Crippen molar-refractivity contribution in [2.75, 3.05) is 26.2 Å². The number of nitrogens with two attached hydrogens (primary N) is 1. The van der Waals surface area contributed by atoms with Crippen molar-refractivity contribution in [1.82, 2.24) is 20.4 Å². The monoisotopic (exact) mass is 395 g/mol. The molecule has 2 amide bonds. The number of amides is 2. The van der Waals surface area contributed by atoms with E-state index in [2.05, 4.69) is 15.5 Å². The Hall–Kier alpha value is -2.45. The molecule has 3 rings (SSSR count). The molecule has 0 spiro atoms. The molecule has 1 fully saturated rings. The van der Waals surface area contributed by atoms with Crippen LogP contribution in [0.25, 0.3) is 11.3 Å². The number of hydrogen-bond donors (Lipinski definition) is 3. The van der Waals surface area contributed by atoms with E-state index in [4.69, 9.17) is 5.73 Å². The number of hydrogen-bond acceptors (Lipinski definition) is 4. The first kappa shape index (κ1) is 20.9. The van der Waals surface area contributed by atoms with Crippen LogP contribution in [0.5, 0.6) is 0 Å². The fraction of sp³-hybridized carbons (Fsp3) is 0.389. The molecule has 2 heterocycles. The lowest BCUT2D eigenvalue weighted by molar-refractivity contribution is -0.126. The van der Waals surface area contributed by atoms with Crippen LogP contribution in [0.15, 0.2) is 30.5 Å². The highest BCUT2D eigenvalue weighted by Crippen LogP contribution is 2.25. The van der Waals surface area contributed by atoms with Gasteiger partial charge in [0, 0.05) is 31.7 Å². The molecule has 1 aliphatic rings. The Balaban J connectivity index is 0.00000261. The third kappa shape index (κ3) is 4.84. The number of halogens is 2. The van der Waals surface area contributed by atoms with Crippen molar-refractivity contribution >= 4 is 24.2 Å². The summed E-state index contributed by atoms with van der Waals surface area (Å²) in [6, 6.07) is 5.87. The number of H-pyrrole nitrogens is 1. The topological polar surface area (TPSA) is 104 Å². The summed E-state index contributed by atoms with van der Waals surface area (Å²) in [6.45, 7) is 1.77. The molecule has 1 aromatic heterocycles. The van der Waals surface area contributed by atoms with Gasteiger partial charge in [-0.25, -0.2) is 4.39 Å². The van der Waals surface area contributed by atoms with Gasteiger partial charge in [-0.3, -0.25) is 14.7 Å². The second-order valence-corrected chi connectivity index (χ2v) is 6.34. The number of nitrogens with zero attached hydrogens (tertiary/aromatic N) is 2. The molecule has 0 aliphatic carbocycles. The Kier molecular flexibility index (Phi) is 7.32. The van der Waals surface area contributed by atoms with Crippen molar-refractivity contribution in [2.24, 2.45) is 11.7 Å². The Bertz CT molecular complexity index is 780. The van der Waals surface area contributed by atoms with E-state index >= 15 is 0 Å². The van der Waals surface area contributed by atoms with Crippen LogP contribution >= 0.6 is 12.4 Å². The third-order valence-corrected chi connectivity index (χ3v) is 4.53. The largest absolute Gasteiger partial charge is 0.355 e. The summed E-state index contributed by atoms with van der Waals surface area (Å²) in [5.74, 6) is -0.836. The number of likely N-dealkylation sites (tertiary alicyclic amines) is 1. The second-order valence-electron chi connectivity index (χ2n) is 6.34. The normalized spacial score (nSPS) is 16.5. The molecule has 1 aromatic carbocycles. The average molecular weight is 396 g/mol. The van der Waals surface area contributed by atoms with Gasteiger partial charge in [0.2, 0.25) is 5.91 Å². The zero-order valence-corrected chi connectivity index (χ0v) is 15.6. The van der Waals surface area contributed by atoms with Crippen LogP contribution in [0.4, 0.5) is 4.39 Å². The molecule has 4 N–H and O–H groups in total. The number of carbonyl (C=O) groups excluding carboxylic acids is 2. The molecule has 1 unspecified atom stereocenters. The van der Waals surface area contributed by atoms with Crippen LogP contribution in [0.1, 0.15) is 23.2 Å². The minimum atomic E-state index is -0.344. The summed E-state index contributed by atoms with van der Waals surface area (Å²) in [7, 11) is 0. The number of piperidine rings is 1. The van der Waals surface area contributed by atoms with Crippen LogP contribution in [0.2, 0.25) is 0 Å². The molecular formula is C18H23ClFN5O2. The zero-order chi connectivity index (χ0) is 18.5. The van der Waals surface area contributed by atoms with Gasteiger partial charge < -0.3 is 16.0 Å². The van der Waals surface area contributed by atoms with E-state index in [1.807, 2.05) is 0 Å². The number of nitrogens with one attached hydrogen (secondary N) is 2. The van der Waals surface area contributed by atoms with Gasteiger partial charge in [-0.05, 0) is 37.1 Å². The summed E-state index contributed by atoms with van der Waals surface area (Å²) in [4.78, 5) is 26.8. The van der Waals surface area contributed by atoms with Gasteiger partial charge in [-0.1, -0.05) is 0 Å². The highest BCUT2D eigenvalue weighted by atomic mass is 35.5. The van der Waals surface area contributed by atoms with Crippen molar-refractivity contribution in [3.05, 3.63) is 41.8 Å². The van der Waals surface area contributed by atoms with Crippen molar-refractivity contribution in [1.29, 1.82) is 0 Å². The molecule has 7 nitrogen and oxygen atoms in total. The lowest BCUT2D eigenvalue weighted by atomic mass is 9.96. The molecule has 1 atom stereocenters. The van der Waals surface area contributed by atoms with Crippen LogP contribution in [-0.4, -0.2) is 53.1 Å². The molecule has 0 bridgehead atoms. The standard InChI is InChI=1S/C18H22FN5O2.ClH/c19-14-5-3-12(4-6-14)16-15(10-22-23-16)18(26)24-9-1-2-13(11-24)17(25)21-8-7-20;/h3-6,10,13H,1-2,7-9,11,20H2,(H,21,25)(H,22,23);1H. The molecule has 1 saturated heterocycles. The first-order valence-electron chi connectivity index (χ1n) is 8.66. The predicted octanol–water partition coefficient (Wildman–Crippen LogP) is 1.56. The van der Waals surface area contributed by atoms with Gasteiger partial charge in [0.05, 0.1) is 23.4 Å². The van der Waals surface area contributed by atoms with Gasteiger partial charge in [-0.15, -0.1) is 12.4 Å². The molecule has 1 aliphatic heterocycles. The van der Waals surface area contributed by atoms with Gasteiger partial charge in [0.1, 0.15) is 5.82 Å². The van der Waals surface area contributed by atoms with E-state index in [0.717, 1.165) is 12.8 Å². The minimum absolute atomic E-state index is 0. The van der Waals surface area contributed by atoms with Gasteiger partial charge >= 0.3 is 0 Å². The molecule has 2 aromatic rings. The Labute approximate surface area is 162 Å². The summed E-state index contributed by atoms with van der Waals surface area (Å²) in [6.07, 6.45) is 2.98. The smallest absolute Gasteiger partial charge is 0.257 e. The van der Waals surface area contributed by atoms with Crippen LogP contribution in [0.3, 0.4) is 0 Å². The van der Waals surface area contributed by atoms with Gasteiger partial charge in [0.25, 0.3) is 5.91 Å². The van der Waals surface area contributed by atoms with Crippen molar-refractivity contribution in [3.63, 3.8) is 0 Å². The average Bonchev–Trinajstić information content (AvgIpc) is 3.16. The maximum atomic E-state index is 13.1. The van der Waals surface area contributed by atoms with Crippen molar-refractivity contribution in [2.45, 2.75) is 12.8 Å². The number of rotatable bonds is 5. The first-order valence-corrected chi connectivity index (χ1v) is 8.66. The summed E-state index contributed by atoms with van der Waals surface area (Å²) in [5, 5.41) is 9.57. The van der Waals surface area contributed by atoms with E-state index in [-0.39, 0.29) is 36.0 Å². The number of aromatic nitrogens is 2. The van der Waals surface area contributed by atoms with Gasteiger partial charge in [-0.2, -0.15) is 5.10 Å². The van der Waals surface area contributed by atoms with E-state index in [0.29, 0.717) is 43.0 Å². The highest BCUT2D eigenvalue weighted by molar-refractivity contribution is 6.00. The second kappa shape index (κ2) is 9.48. The van der Waals surface area contributed by atoms with Crippen LogP contribution in [0, 0.1) is 11.7 Å². The zero-order valence-electron chi connectivity index (χ0n) is 14.8. The Morgan fingerprint density at radius 3 is 2.78 bits per heavy atom. The number of benzene rings is 1. The fourth-order valence-electron chi connectivity index (χ4n) is 3.17. The maximum Gasteiger partial charge on any atom is 0.257 e. The van der Waals surface area contributed by atoms with Crippen molar-refractivity contribution in [3.8, 4) is 11.3 Å². The molecule has 27 heavy (non-hydrogen) atoms. The lowest BCUT2D eigenvalue weighted by Gasteiger charge is -2.32. The van der Waals surface area contributed by atoms with E-state index in [1.165, 1.54) is 18.3 Å². The molecule has 146 valence electrons. The van der Waals surface area contributed by atoms with Crippen molar-refractivity contribution < 1.29 is 14.0 Å². The number of carbonyl (C=O) groups is 2. The first-order chi connectivity index (χ1) is 12.6. The Morgan fingerprint density at radius 2 is 2.07 bits per heavy atom. The summed E-state index contributed by atoms with van der Waals surface area (Å²) in [5.41, 5.74) is 7.06. The minimum Gasteiger partial charge on any atom is -0.355 e. The molecular weight excluding hydrogens is 373 g/mol. The lowest BCUT2D eigenvalue weighted by Crippen LogP contribution is -2.46. The SMILES string of the molecule is Cl.NCCNC(=O)C1CCCN(C(=O)c2cn[nH]c2-c2ccc(F)cc2)C1. The van der Waals surface area contributed by atoms with E-state index in [9.17, 15) is 14.0 Å². The highest BCUT2D eigenvalue weighted by Gasteiger charge is 2.30. The summed E-state index contributed by atoms with van der Waals surface area (Å²) < 4.78 is 13.1. The van der Waals surface area contributed by atoms with E-state index in [1.54, 1.807) is 17.0 Å². The molecule has 0 saturated carbocycles. The number of aromatic amines is 1. The Morgan fingerprint density at radius 1 is 1.33 bits per heavy atom. The van der Waals surface area contributed by atoms with E-state index < -0.39 is 0 Å². The van der Waals surface area contributed by atoms with Crippen LogP contribution < -0.4 is 11.1 Å². The predicted molar refractivity (Wildman–Crippen MR) is 102 cm³/mol. The maximum absolute atomic E-state index is 13.1. The van der Waals surface area contributed by atoms with Gasteiger partial charge in [0.15, 0.2) is 0 Å².